The minimum Gasteiger partial charge on any atom is -0.237 e. The summed E-state index contributed by atoms with van der Waals surface area (Å²) in [5.74, 6) is 2.04. The lowest BCUT2D eigenvalue weighted by Crippen LogP contribution is -1.99. The van der Waals surface area contributed by atoms with Crippen molar-refractivity contribution in [2.75, 3.05) is 0 Å². The first-order valence-electron chi connectivity index (χ1n) is 13.5. The topological polar surface area (TPSA) is 51.6 Å². The summed E-state index contributed by atoms with van der Waals surface area (Å²) in [7, 11) is 0. The van der Waals surface area contributed by atoms with Crippen LogP contribution < -0.4 is 0 Å². The van der Waals surface area contributed by atoms with Crippen LogP contribution in [-0.4, -0.2) is 19.9 Å². The Kier molecular flexibility index (Phi) is 10.2. The number of aromatic nitrogens is 4. The summed E-state index contributed by atoms with van der Waals surface area (Å²) in [4.78, 5) is 17.9. The molecule has 2 aromatic heterocycles. The lowest BCUT2D eigenvalue weighted by Gasteiger charge is -2.18. The van der Waals surface area contributed by atoms with E-state index in [1.54, 1.807) is 48.7 Å². The summed E-state index contributed by atoms with van der Waals surface area (Å²) in [5, 5.41) is 2.72. The Balaban J connectivity index is 1.43. The highest BCUT2D eigenvalue weighted by molar-refractivity contribution is 7.97. The second-order valence-corrected chi connectivity index (χ2v) is 13.2. The van der Waals surface area contributed by atoms with Crippen molar-refractivity contribution in [3.05, 3.63) is 139 Å². The molecular formula is C34H20Cl6N4S. The first kappa shape index (κ1) is 32.1. The van der Waals surface area contributed by atoms with Gasteiger partial charge in [-0.15, -0.1) is 0 Å². The van der Waals surface area contributed by atoms with Crippen molar-refractivity contribution in [2.24, 2.45) is 0 Å². The van der Waals surface area contributed by atoms with Gasteiger partial charge in [-0.3, -0.25) is 0 Å². The van der Waals surface area contributed by atoms with Crippen LogP contribution in [0.1, 0.15) is 11.1 Å². The Morgan fingerprint density at radius 1 is 0.467 bits per heavy atom. The van der Waals surface area contributed by atoms with Gasteiger partial charge in [0.2, 0.25) is 0 Å². The van der Waals surface area contributed by atoms with Gasteiger partial charge in [0.15, 0.2) is 11.6 Å². The molecule has 0 radical (unpaired) electrons. The van der Waals surface area contributed by atoms with Gasteiger partial charge in [0.1, 0.15) is 0 Å². The first-order valence-corrected chi connectivity index (χ1v) is 16.9. The van der Waals surface area contributed by atoms with E-state index in [1.807, 2.05) is 60.7 Å². The van der Waals surface area contributed by atoms with Gasteiger partial charge in [-0.25, -0.2) is 19.9 Å². The van der Waals surface area contributed by atoms with E-state index in [1.165, 1.54) is 0 Å². The molecule has 2 heterocycles. The monoisotopic (exact) mass is 726 g/mol. The fourth-order valence-electron chi connectivity index (χ4n) is 4.93. The standard InChI is InChI=1S/C34H20Cl6N4S/c35-23-7-1-5-19(13-23)25-15-21(27(31(39)29(25)37)33-41-9-3-10-42-33)17-45-18-22-16-26(20-6-2-8-24(36)14-20)30(38)32(40)28(22)34-43-11-4-12-44-34/h1-16H,17-18H2. The van der Waals surface area contributed by atoms with Gasteiger partial charge >= 0.3 is 0 Å². The molecule has 4 aromatic carbocycles. The van der Waals surface area contributed by atoms with E-state index in [4.69, 9.17) is 69.6 Å². The Hall–Kier alpha value is -2.87. The van der Waals surface area contributed by atoms with E-state index in [0.717, 1.165) is 33.4 Å². The Morgan fingerprint density at radius 3 is 1.24 bits per heavy atom. The molecule has 0 spiro atoms. The van der Waals surface area contributed by atoms with Gasteiger partial charge in [0, 0.05) is 68.6 Å². The smallest absolute Gasteiger partial charge is 0.160 e. The Morgan fingerprint density at radius 2 is 0.867 bits per heavy atom. The summed E-state index contributed by atoms with van der Waals surface area (Å²) in [6, 6.07) is 22.5. The number of halogens is 6. The third-order valence-corrected chi connectivity index (χ3v) is 10.2. The third-order valence-electron chi connectivity index (χ3n) is 6.94. The van der Waals surface area contributed by atoms with Crippen LogP contribution in [0.4, 0.5) is 0 Å². The fraction of sp³-hybridized carbons (Fsp3) is 0.0588. The minimum atomic E-state index is 0.368. The molecule has 6 rings (SSSR count). The molecule has 0 saturated heterocycles. The SMILES string of the molecule is Clc1cccc(-c2cc(CSCc3cc(-c4cccc(Cl)c4)c(Cl)c(Cl)c3-c3ncccn3)c(-c3ncccn3)c(Cl)c2Cl)c1. The van der Waals surface area contributed by atoms with Gasteiger partial charge in [0.25, 0.3) is 0 Å². The van der Waals surface area contributed by atoms with Crippen molar-refractivity contribution < 1.29 is 0 Å². The van der Waals surface area contributed by atoms with Crippen molar-refractivity contribution in [2.45, 2.75) is 11.5 Å². The number of thioether (sulfide) groups is 1. The van der Waals surface area contributed by atoms with Crippen LogP contribution in [0, 0.1) is 0 Å². The zero-order chi connectivity index (χ0) is 31.5. The molecule has 11 heteroatoms. The molecule has 0 saturated carbocycles. The molecule has 0 aliphatic carbocycles. The van der Waals surface area contributed by atoms with Gasteiger partial charge in [-0.05, 0) is 70.8 Å². The van der Waals surface area contributed by atoms with E-state index in [-0.39, 0.29) is 0 Å². The predicted octanol–water partition coefficient (Wildman–Crippen LogP) is 12.3. The van der Waals surface area contributed by atoms with Crippen LogP contribution in [0.25, 0.3) is 45.0 Å². The fourth-order valence-corrected chi connectivity index (χ4v) is 7.44. The third kappa shape index (κ3) is 6.96. The molecule has 4 nitrogen and oxygen atoms in total. The highest BCUT2D eigenvalue weighted by Gasteiger charge is 2.22. The quantitative estimate of drug-likeness (QED) is 0.156. The maximum Gasteiger partial charge on any atom is 0.160 e. The molecule has 6 aromatic rings. The second-order valence-electron chi connectivity index (χ2n) is 9.83. The number of benzene rings is 4. The van der Waals surface area contributed by atoms with Gasteiger partial charge < -0.3 is 0 Å². The normalized spacial score (nSPS) is 11.2. The van der Waals surface area contributed by atoms with Crippen LogP contribution in [0.5, 0.6) is 0 Å². The maximum absolute atomic E-state index is 6.95. The predicted molar refractivity (Wildman–Crippen MR) is 191 cm³/mol. The van der Waals surface area contributed by atoms with E-state index >= 15 is 0 Å². The van der Waals surface area contributed by atoms with Crippen LogP contribution in [-0.2, 0) is 11.5 Å². The van der Waals surface area contributed by atoms with Gasteiger partial charge in [0.05, 0.1) is 20.1 Å². The Labute approximate surface area is 294 Å². The van der Waals surface area contributed by atoms with Crippen molar-refractivity contribution in [1.82, 2.24) is 19.9 Å². The first-order chi connectivity index (χ1) is 21.8. The summed E-state index contributed by atoms with van der Waals surface area (Å²) in [6.45, 7) is 0. The second kappa shape index (κ2) is 14.3. The number of nitrogens with zero attached hydrogens (tertiary/aromatic N) is 4. The zero-order valence-electron chi connectivity index (χ0n) is 23.1. The van der Waals surface area contributed by atoms with E-state index in [0.29, 0.717) is 64.4 Å². The highest BCUT2D eigenvalue weighted by atomic mass is 35.5. The highest BCUT2D eigenvalue weighted by Crippen LogP contribution is 2.46. The average Bonchev–Trinajstić information content (AvgIpc) is 3.05. The Bertz CT molecular complexity index is 1860. The molecule has 0 aliphatic rings. The van der Waals surface area contributed by atoms with Crippen LogP contribution in [0.2, 0.25) is 30.1 Å². The molecule has 0 fully saturated rings. The molecule has 0 atom stereocenters. The molecule has 0 aliphatic heterocycles. The van der Waals surface area contributed by atoms with Crippen LogP contribution >= 0.6 is 81.4 Å². The molecule has 0 N–H and O–H groups in total. The van der Waals surface area contributed by atoms with Crippen LogP contribution in [0.15, 0.2) is 97.6 Å². The van der Waals surface area contributed by atoms with Gasteiger partial charge in [-0.1, -0.05) is 93.9 Å². The van der Waals surface area contributed by atoms with Crippen molar-refractivity contribution in [3.8, 4) is 45.0 Å². The minimum absolute atomic E-state index is 0.368. The summed E-state index contributed by atoms with van der Waals surface area (Å²) >= 11 is 41.9. The maximum atomic E-state index is 6.95. The van der Waals surface area contributed by atoms with Crippen molar-refractivity contribution in [3.63, 3.8) is 0 Å². The van der Waals surface area contributed by atoms with E-state index < -0.39 is 0 Å². The molecular weight excluding hydrogens is 709 g/mol. The van der Waals surface area contributed by atoms with E-state index in [9.17, 15) is 0 Å². The molecule has 224 valence electrons. The molecule has 0 amide bonds. The number of hydrogen-bond acceptors (Lipinski definition) is 5. The van der Waals surface area contributed by atoms with Crippen molar-refractivity contribution in [1.29, 1.82) is 0 Å². The van der Waals surface area contributed by atoms with Crippen LogP contribution in [0.3, 0.4) is 0 Å². The average molecular weight is 729 g/mol. The van der Waals surface area contributed by atoms with Crippen molar-refractivity contribution >= 4 is 81.4 Å². The number of rotatable bonds is 8. The summed E-state index contributed by atoms with van der Waals surface area (Å²) < 4.78 is 0. The molecule has 0 unspecified atom stereocenters. The summed E-state index contributed by atoms with van der Waals surface area (Å²) in [5.41, 5.74) is 6.36. The zero-order valence-corrected chi connectivity index (χ0v) is 28.5. The molecule has 0 bridgehead atoms. The van der Waals surface area contributed by atoms with E-state index in [2.05, 4.69) is 19.9 Å². The lowest BCUT2D eigenvalue weighted by molar-refractivity contribution is 1.16. The summed E-state index contributed by atoms with van der Waals surface area (Å²) in [6.07, 6.45) is 6.70. The molecule has 45 heavy (non-hydrogen) atoms. The largest absolute Gasteiger partial charge is 0.237 e. The van der Waals surface area contributed by atoms with Gasteiger partial charge in [-0.2, -0.15) is 11.8 Å². The lowest BCUT2D eigenvalue weighted by atomic mass is 9.99. The number of hydrogen-bond donors (Lipinski definition) is 0.